The van der Waals surface area contributed by atoms with Gasteiger partial charge in [-0.25, -0.2) is 9.67 Å². The van der Waals surface area contributed by atoms with Crippen LogP contribution in [0.2, 0.25) is 0 Å². The highest BCUT2D eigenvalue weighted by Gasteiger charge is 2.01. The Bertz CT molecular complexity index is 229. The summed E-state index contributed by atoms with van der Waals surface area (Å²) in [6, 6.07) is 0.493. The van der Waals surface area contributed by atoms with Gasteiger partial charge in [-0.15, -0.1) is 0 Å². The molecule has 0 fully saturated rings. The van der Waals surface area contributed by atoms with Crippen molar-refractivity contribution >= 4 is 0 Å². The summed E-state index contributed by atoms with van der Waals surface area (Å²) in [5.74, 6) is 1.01. The number of hydrogen-bond donors (Lipinski definition) is 1. The van der Waals surface area contributed by atoms with E-state index in [-0.39, 0.29) is 0 Å². The van der Waals surface area contributed by atoms with Gasteiger partial charge in [0.15, 0.2) is 0 Å². The van der Waals surface area contributed by atoms with Crippen LogP contribution in [0.25, 0.3) is 0 Å². The second kappa shape index (κ2) is 4.21. The van der Waals surface area contributed by atoms with Crippen LogP contribution in [0, 0.1) is 0 Å². The Morgan fingerprint density at radius 3 is 2.92 bits per heavy atom. The molecular formula is C8H16N4. The van der Waals surface area contributed by atoms with Gasteiger partial charge in [0.2, 0.25) is 0 Å². The average molecular weight is 168 g/mol. The van der Waals surface area contributed by atoms with Gasteiger partial charge in [0, 0.05) is 12.6 Å². The van der Waals surface area contributed by atoms with Crippen molar-refractivity contribution in [2.24, 2.45) is 0 Å². The van der Waals surface area contributed by atoms with Gasteiger partial charge in [-0.05, 0) is 6.92 Å². The normalized spacial score (nSPS) is 11.0. The largest absolute Gasteiger partial charge is 0.308 e. The molecule has 1 aromatic heterocycles. The molecule has 1 heterocycles. The molecule has 0 amide bonds. The van der Waals surface area contributed by atoms with Gasteiger partial charge in [-0.2, -0.15) is 5.10 Å². The van der Waals surface area contributed by atoms with E-state index in [0.29, 0.717) is 6.04 Å². The first-order valence-corrected chi connectivity index (χ1v) is 4.34. The van der Waals surface area contributed by atoms with Crippen LogP contribution < -0.4 is 5.32 Å². The first-order valence-electron chi connectivity index (χ1n) is 4.34. The summed E-state index contributed by atoms with van der Waals surface area (Å²) in [6.07, 6.45) is 1.60. The summed E-state index contributed by atoms with van der Waals surface area (Å²) in [6.45, 7) is 7.98. The third kappa shape index (κ3) is 2.30. The standard InChI is InChI=1S/C8H16N4/c1-4-12-8(10-6-11-12)5-9-7(2)3/h6-7,9H,4-5H2,1-3H3. The van der Waals surface area contributed by atoms with Crippen molar-refractivity contribution in [2.45, 2.75) is 39.9 Å². The van der Waals surface area contributed by atoms with Crippen LogP contribution in [0.15, 0.2) is 6.33 Å². The van der Waals surface area contributed by atoms with Crippen LogP contribution >= 0.6 is 0 Å². The first kappa shape index (κ1) is 9.19. The highest BCUT2D eigenvalue weighted by Crippen LogP contribution is 1.93. The molecule has 4 heteroatoms. The third-order valence-corrected chi connectivity index (χ3v) is 1.66. The molecule has 68 valence electrons. The summed E-state index contributed by atoms with van der Waals surface area (Å²) in [5, 5.41) is 7.38. The third-order valence-electron chi connectivity index (χ3n) is 1.66. The van der Waals surface area contributed by atoms with Crippen molar-refractivity contribution in [3.63, 3.8) is 0 Å². The molecule has 0 aliphatic carbocycles. The van der Waals surface area contributed by atoms with Crippen LogP contribution in [0.4, 0.5) is 0 Å². The van der Waals surface area contributed by atoms with Gasteiger partial charge < -0.3 is 5.32 Å². The number of nitrogens with zero attached hydrogens (tertiary/aromatic N) is 3. The summed E-state index contributed by atoms with van der Waals surface area (Å²) in [7, 11) is 0. The second-order valence-corrected chi connectivity index (χ2v) is 3.03. The summed E-state index contributed by atoms with van der Waals surface area (Å²) >= 11 is 0. The maximum atomic E-state index is 4.15. The summed E-state index contributed by atoms with van der Waals surface area (Å²) in [5.41, 5.74) is 0. The smallest absolute Gasteiger partial charge is 0.140 e. The Morgan fingerprint density at radius 1 is 1.58 bits per heavy atom. The maximum Gasteiger partial charge on any atom is 0.140 e. The molecule has 0 aromatic carbocycles. The van der Waals surface area contributed by atoms with E-state index in [0.717, 1.165) is 18.9 Å². The van der Waals surface area contributed by atoms with Crippen molar-refractivity contribution in [3.05, 3.63) is 12.2 Å². The number of hydrogen-bond acceptors (Lipinski definition) is 3. The SMILES string of the molecule is CCn1ncnc1CNC(C)C. The Morgan fingerprint density at radius 2 is 2.33 bits per heavy atom. The quantitative estimate of drug-likeness (QED) is 0.723. The minimum absolute atomic E-state index is 0.493. The molecule has 4 nitrogen and oxygen atoms in total. The molecule has 0 saturated heterocycles. The molecule has 1 N–H and O–H groups in total. The zero-order valence-corrected chi connectivity index (χ0v) is 7.91. The highest BCUT2D eigenvalue weighted by molar-refractivity contribution is 4.83. The number of aromatic nitrogens is 3. The fourth-order valence-electron chi connectivity index (χ4n) is 0.985. The number of aryl methyl sites for hydroxylation is 1. The van der Waals surface area contributed by atoms with E-state index in [1.807, 2.05) is 4.68 Å². The lowest BCUT2D eigenvalue weighted by atomic mass is 10.4. The Balaban J connectivity index is 2.50. The van der Waals surface area contributed by atoms with Gasteiger partial charge in [0.1, 0.15) is 12.2 Å². The average Bonchev–Trinajstić information content (AvgIpc) is 2.47. The van der Waals surface area contributed by atoms with Gasteiger partial charge in [-0.1, -0.05) is 13.8 Å². The van der Waals surface area contributed by atoms with Gasteiger partial charge in [0.05, 0.1) is 6.54 Å². The zero-order chi connectivity index (χ0) is 8.97. The van der Waals surface area contributed by atoms with Crippen LogP contribution in [-0.2, 0) is 13.1 Å². The molecule has 0 unspecified atom stereocenters. The molecule has 0 spiro atoms. The maximum absolute atomic E-state index is 4.15. The van der Waals surface area contributed by atoms with Crippen molar-refractivity contribution in [1.29, 1.82) is 0 Å². The minimum atomic E-state index is 0.493. The van der Waals surface area contributed by atoms with E-state index < -0.39 is 0 Å². The topological polar surface area (TPSA) is 42.7 Å². The molecule has 0 aliphatic rings. The molecule has 12 heavy (non-hydrogen) atoms. The molecule has 1 rings (SSSR count). The predicted molar refractivity (Wildman–Crippen MR) is 47.7 cm³/mol. The summed E-state index contributed by atoms with van der Waals surface area (Å²) in [4.78, 5) is 4.15. The molecule has 0 radical (unpaired) electrons. The van der Waals surface area contributed by atoms with E-state index >= 15 is 0 Å². The fourth-order valence-corrected chi connectivity index (χ4v) is 0.985. The fraction of sp³-hybridized carbons (Fsp3) is 0.750. The zero-order valence-electron chi connectivity index (χ0n) is 7.91. The lowest BCUT2D eigenvalue weighted by Gasteiger charge is -2.07. The Hall–Kier alpha value is -0.900. The molecule has 1 aromatic rings. The minimum Gasteiger partial charge on any atom is -0.308 e. The van der Waals surface area contributed by atoms with Crippen LogP contribution in [0.5, 0.6) is 0 Å². The lowest BCUT2D eigenvalue weighted by Crippen LogP contribution is -2.24. The van der Waals surface area contributed by atoms with Crippen molar-refractivity contribution in [1.82, 2.24) is 20.1 Å². The molecular weight excluding hydrogens is 152 g/mol. The number of nitrogens with one attached hydrogen (secondary N) is 1. The van der Waals surface area contributed by atoms with Crippen LogP contribution in [0.3, 0.4) is 0 Å². The van der Waals surface area contributed by atoms with Gasteiger partial charge in [0.25, 0.3) is 0 Å². The molecule has 0 aliphatic heterocycles. The lowest BCUT2D eigenvalue weighted by molar-refractivity contribution is 0.532. The van der Waals surface area contributed by atoms with Crippen molar-refractivity contribution < 1.29 is 0 Å². The molecule has 0 bridgehead atoms. The Labute approximate surface area is 73.0 Å². The van der Waals surface area contributed by atoms with Crippen LogP contribution in [0.1, 0.15) is 26.6 Å². The van der Waals surface area contributed by atoms with Gasteiger partial charge >= 0.3 is 0 Å². The van der Waals surface area contributed by atoms with E-state index in [1.165, 1.54) is 0 Å². The summed E-state index contributed by atoms with van der Waals surface area (Å²) < 4.78 is 1.90. The first-order chi connectivity index (χ1) is 5.74. The van der Waals surface area contributed by atoms with Crippen LogP contribution in [-0.4, -0.2) is 20.8 Å². The monoisotopic (exact) mass is 168 g/mol. The van der Waals surface area contributed by atoms with Crippen molar-refractivity contribution in [2.75, 3.05) is 0 Å². The van der Waals surface area contributed by atoms with E-state index in [9.17, 15) is 0 Å². The predicted octanol–water partition coefficient (Wildman–Crippen LogP) is 0.796. The molecule has 0 saturated carbocycles. The highest BCUT2D eigenvalue weighted by atomic mass is 15.3. The van der Waals surface area contributed by atoms with E-state index in [2.05, 4.69) is 36.2 Å². The van der Waals surface area contributed by atoms with Crippen molar-refractivity contribution in [3.8, 4) is 0 Å². The number of rotatable bonds is 4. The van der Waals surface area contributed by atoms with E-state index in [1.54, 1.807) is 6.33 Å². The van der Waals surface area contributed by atoms with E-state index in [4.69, 9.17) is 0 Å². The Kier molecular flexibility index (Phi) is 3.22. The second-order valence-electron chi connectivity index (χ2n) is 3.03. The van der Waals surface area contributed by atoms with Gasteiger partial charge in [-0.3, -0.25) is 0 Å². The molecule has 0 atom stereocenters.